The highest BCUT2D eigenvalue weighted by atomic mass is 79.9. The Morgan fingerprint density at radius 3 is 2.56 bits per heavy atom. The molecule has 1 heterocycles. The third-order valence-electron chi connectivity index (χ3n) is 2.79. The summed E-state index contributed by atoms with van der Waals surface area (Å²) in [6.45, 7) is 0.722. The summed E-state index contributed by atoms with van der Waals surface area (Å²) in [5, 5.41) is 12.2. The number of hydrogen-bond donors (Lipinski definition) is 1. The Morgan fingerprint density at radius 1 is 1.28 bits per heavy atom. The second-order valence-electron chi connectivity index (χ2n) is 4.07. The van der Waals surface area contributed by atoms with E-state index >= 15 is 0 Å². The number of rotatable bonds is 5. The first-order valence-corrected chi connectivity index (χ1v) is 7.37. The van der Waals surface area contributed by atoms with Gasteiger partial charge in [0, 0.05) is 7.11 Å². The molecule has 0 amide bonds. The molecule has 0 spiro atoms. The maximum Gasteiger partial charge on any atom is 0.105 e. The Bertz CT molecular complexity index is 493. The predicted molar refractivity (Wildman–Crippen MR) is 78.1 cm³/mol. The molecule has 4 heteroatoms. The molecule has 1 atom stereocenters. The van der Waals surface area contributed by atoms with Gasteiger partial charge in [-0.25, -0.2) is 0 Å². The summed E-state index contributed by atoms with van der Waals surface area (Å²) in [4.78, 5) is 0. The van der Waals surface area contributed by atoms with E-state index in [1.54, 1.807) is 18.4 Å². The van der Waals surface area contributed by atoms with Gasteiger partial charge in [-0.1, -0.05) is 24.3 Å². The maximum absolute atomic E-state index is 10.2. The van der Waals surface area contributed by atoms with E-state index in [-0.39, 0.29) is 0 Å². The zero-order valence-corrected chi connectivity index (χ0v) is 12.5. The first kappa shape index (κ1) is 13.7. The molecular formula is C14H15BrO2S. The summed E-state index contributed by atoms with van der Waals surface area (Å²) >= 11 is 4.99. The Kier molecular flexibility index (Phi) is 4.95. The molecule has 96 valence electrons. The molecule has 2 aromatic rings. The van der Waals surface area contributed by atoms with Gasteiger partial charge in [-0.05, 0) is 50.5 Å². The van der Waals surface area contributed by atoms with Gasteiger partial charge in [0.05, 0.1) is 10.4 Å². The fourth-order valence-corrected chi connectivity index (χ4v) is 2.94. The van der Waals surface area contributed by atoms with Gasteiger partial charge >= 0.3 is 0 Å². The first-order chi connectivity index (χ1) is 8.70. The van der Waals surface area contributed by atoms with Crippen LogP contribution in [0.5, 0.6) is 0 Å². The van der Waals surface area contributed by atoms with E-state index in [0.29, 0.717) is 0 Å². The average molecular weight is 327 g/mol. The van der Waals surface area contributed by atoms with E-state index in [1.807, 2.05) is 35.7 Å². The zero-order chi connectivity index (χ0) is 13.0. The molecule has 18 heavy (non-hydrogen) atoms. The zero-order valence-electron chi connectivity index (χ0n) is 10.1. The van der Waals surface area contributed by atoms with Gasteiger partial charge < -0.3 is 9.84 Å². The second-order valence-corrected chi connectivity index (χ2v) is 6.36. The molecule has 0 bridgehead atoms. The van der Waals surface area contributed by atoms with Crippen LogP contribution in [0.2, 0.25) is 0 Å². The first-order valence-electron chi connectivity index (χ1n) is 5.70. The van der Waals surface area contributed by atoms with E-state index < -0.39 is 6.10 Å². The minimum atomic E-state index is -0.552. The Hall–Kier alpha value is -0.680. The Morgan fingerprint density at radius 2 is 2.00 bits per heavy atom. The van der Waals surface area contributed by atoms with Gasteiger partial charge in [-0.15, -0.1) is 11.3 Å². The summed E-state index contributed by atoms with van der Waals surface area (Å²) in [6.07, 6.45) is 0.348. The molecule has 1 unspecified atom stereocenters. The SMILES string of the molecule is COCCc1ccc(C(O)c2csc(Br)c2)cc1. The van der Waals surface area contributed by atoms with Crippen LogP contribution in [0.3, 0.4) is 0 Å². The van der Waals surface area contributed by atoms with Gasteiger partial charge in [0.25, 0.3) is 0 Å². The number of thiophene rings is 1. The fourth-order valence-electron chi connectivity index (χ4n) is 1.75. The standard InChI is InChI=1S/C14H15BrO2S/c1-17-7-6-10-2-4-11(5-3-10)14(16)12-8-13(15)18-9-12/h2-5,8-9,14,16H,6-7H2,1H3. The number of benzene rings is 1. The number of ether oxygens (including phenoxy) is 1. The van der Waals surface area contributed by atoms with Crippen LogP contribution < -0.4 is 0 Å². The monoisotopic (exact) mass is 326 g/mol. The Labute approximate surface area is 119 Å². The highest BCUT2D eigenvalue weighted by Crippen LogP contribution is 2.29. The number of hydrogen-bond acceptors (Lipinski definition) is 3. The summed E-state index contributed by atoms with van der Waals surface area (Å²) in [6, 6.07) is 9.98. The van der Waals surface area contributed by atoms with Crippen molar-refractivity contribution in [2.24, 2.45) is 0 Å². The lowest BCUT2D eigenvalue weighted by atomic mass is 10.0. The van der Waals surface area contributed by atoms with E-state index in [9.17, 15) is 5.11 Å². The van der Waals surface area contributed by atoms with Crippen molar-refractivity contribution in [2.45, 2.75) is 12.5 Å². The van der Waals surface area contributed by atoms with Crippen LogP contribution in [0.1, 0.15) is 22.8 Å². The van der Waals surface area contributed by atoms with Crippen molar-refractivity contribution in [3.05, 3.63) is 56.2 Å². The van der Waals surface area contributed by atoms with Crippen molar-refractivity contribution in [2.75, 3.05) is 13.7 Å². The molecule has 0 aliphatic heterocycles. The predicted octanol–water partition coefficient (Wildman–Crippen LogP) is 3.78. The molecule has 1 aromatic heterocycles. The van der Waals surface area contributed by atoms with Crippen LogP contribution in [0.4, 0.5) is 0 Å². The molecule has 0 fully saturated rings. The number of aliphatic hydroxyl groups is 1. The van der Waals surface area contributed by atoms with E-state index in [4.69, 9.17) is 4.74 Å². The quantitative estimate of drug-likeness (QED) is 0.906. The Balaban J connectivity index is 2.09. The van der Waals surface area contributed by atoms with Gasteiger partial charge in [0.1, 0.15) is 6.10 Å². The highest BCUT2D eigenvalue weighted by molar-refractivity contribution is 9.11. The van der Waals surface area contributed by atoms with Crippen molar-refractivity contribution >= 4 is 27.3 Å². The van der Waals surface area contributed by atoms with Gasteiger partial charge in [-0.3, -0.25) is 0 Å². The van der Waals surface area contributed by atoms with E-state index in [2.05, 4.69) is 15.9 Å². The molecule has 0 radical (unpaired) electrons. The number of methoxy groups -OCH3 is 1. The molecule has 0 aliphatic rings. The van der Waals surface area contributed by atoms with Crippen LogP contribution in [0.25, 0.3) is 0 Å². The summed E-state index contributed by atoms with van der Waals surface area (Å²) in [7, 11) is 1.70. The van der Waals surface area contributed by atoms with Crippen LogP contribution >= 0.6 is 27.3 Å². The molecule has 0 aliphatic carbocycles. The molecular weight excluding hydrogens is 312 g/mol. The largest absolute Gasteiger partial charge is 0.384 e. The van der Waals surface area contributed by atoms with Crippen molar-refractivity contribution in [1.82, 2.24) is 0 Å². The van der Waals surface area contributed by atoms with Crippen LogP contribution in [-0.4, -0.2) is 18.8 Å². The van der Waals surface area contributed by atoms with E-state index in [0.717, 1.165) is 27.9 Å². The molecule has 1 aromatic carbocycles. The smallest absolute Gasteiger partial charge is 0.105 e. The summed E-state index contributed by atoms with van der Waals surface area (Å²) in [5.74, 6) is 0. The second kappa shape index (κ2) is 6.48. The molecule has 0 saturated carbocycles. The lowest BCUT2D eigenvalue weighted by molar-refractivity contribution is 0.202. The highest BCUT2D eigenvalue weighted by Gasteiger charge is 2.11. The molecule has 2 rings (SSSR count). The minimum absolute atomic E-state index is 0.552. The van der Waals surface area contributed by atoms with Gasteiger partial charge in [0.2, 0.25) is 0 Å². The van der Waals surface area contributed by atoms with Crippen LogP contribution in [0.15, 0.2) is 39.5 Å². The molecule has 0 saturated heterocycles. The third kappa shape index (κ3) is 3.42. The van der Waals surface area contributed by atoms with Crippen LogP contribution in [-0.2, 0) is 11.2 Å². The maximum atomic E-state index is 10.2. The third-order valence-corrected chi connectivity index (χ3v) is 4.32. The minimum Gasteiger partial charge on any atom is -0.384 e. The normalized spacial score (nSPS) is 12.6. The van der Waals surface area contributed by atoms with Crippen molar-refractivity contribution in [3.63, 3.8) is 0 Å². The lowest BCUT2D eigenvalue weighted by Gasteiger charge is -2.10. The molecule has 2 nitrogen and oxygen atoms in total. The van der Waals surface area contributed by atoms with Gasteiger partial charge in [-0.2, -0.15) is 0 Å². The molecule has 1 N–H and O–H groups in total. The summed E-state index contributed by atoms with van der Waals surface area (Å²) in [5.41, 5.74) is 3.07. The topological polar surface area (TPSA) is 29.5 Å². The average Bonchev–Trinajstić information content (AvgIpc) is 2.83. The number of aliphatic hydroxyl groups excluding tert-OH is 1. The van der Waals surface area contributed by atoms with Gasteiger partial charge in [0.15, 0.2) is 0 Å². The van der Waals surface area contributed by atoms with Crippen molar-refractivity contribution < 1.29 is 9.84 Å². The summed E-state index contributed by atoms with van der Waals surface area (Å²) < 4.78 is 6.08. The van der Waals surface area contributed by atoms with E-state index in [1.165, 1.54) is 5.56 Å². The van der Waals surface area contributed by atoms with Crippen molar-refractivity contribution in [1.29, 1.82) is 0 Å². The number of halogens is 1. The van der Waals surface area contributed by atoms with Crippen molar-refractivity contribution in [3.8, 4) is 0 Å². The fraction of sp³-hybridized carbons (Fsp3) is 0.286. The van der Waals surface area contributed by atoms with Crippen LogP contribution in [0, 0.1) is 0 Å². The lowest BCUT2D eigenvalue weighted by Crippen LogP contribution is -1.99.